The van der Waals surface area contributed by atoms with E-state index >= 15 is 0 Å². The molecular formula is C18H31N3O3. The molecule has 0 bridgehead atoms. The van der Waals surface area contributed by atoms with Gasteiger partial charge in [-0.25, -0.2) is 0 Å². The molecule has 1 unspecified atom stereocenters. The summed E-state index contributed by atoms with van der Waals surface area (Å²) in [6.45, 7) is 9.41. The van der Waals surface area contributed by atoms with E-state index in [1.807, 2.05) is 0 Å². The number of furan rings is 1. The summed E-state index contributed by atoms with van der Waals surface area (Å²) in [6.07, 6.45) is 5.07. The number of hydrogen-bond acceptors (Lipinski definition) is 4. The maximum absolute atomic E-state index is 12.0. The van der Waals surface area contributed by atoms with E-state index in [0.29, 0.717) is 18.7 Å². The van der Waals surface area contributed by atoms with Crippen molar-refractivity contribution >= 4 is 11.8 Å². The Labute approximate surface area is 145 Å². The largest absolute Gasteiger partial charge is 0.467 e. The van der Waals surface area contributed by atoms with E-state index in [4.69, 9.17) is 4.42 Å². The van der Waals surface area contributed by atoms with E-state index in [9.17, 15) is 9.59 Å². The molecule has 24 heavy (non-hydrogen) atoms. The average Bonchev–Trinajstić information content (AvgIpc) is 3.06. The van der Waals surface area contributed by atoms with E-state index in [-0.39, 0.29) is 11.8 Å². The molecule has 1 aromatic heterocycles. The zero-order valence-corrected chi connectivity index (χ0v) is 15.1. The van der Waals surface area contributed by atoms with Crippen LogP contribution in [0.2, 0.25) is 0 Å². The molecular weight excluding hydrogens is 306 g/mol. The SMILES string of the molecule is CCCN(CCC)CCCC(=O)NC(C)C(=O)NCc1ccco1. The predicted molar refractivity (Wildman–Crippen MR) is 94.4 cm³/mol. The van der Waals surface area contributed by atoms with Crippen molar-refractivity contribution in [2.45, 2.75) is 59.0 Å². The van der Waals surface area contributed by atoms with Crippen molar-refractivity contribution in [1.82, 2.24) is 15.5 Å². The molecule has 1 rings (SSSR count). The fourth-order valence-electron chi connectivity index (χ4n) is 2.55. The van der Waals surface area contributed by atoms with Gasteiger partial charge in [0.2, 0.25) is 11.8 Å². The summed E-state index contributed by atoms with van der Waals surface area (Å²) in [6, 6.07) is 3.02. The Morgan fingerprint density at radius 1 is 1.21 bits per heavy atom. The van der Waals surface area contributed by atoms with Gasteiger partial charge in [-0.05, 0) is 58.0 Å². The van der Waals surface area contributed by atoms with Crippen molar-refractivity contribution in [3.63, 3.8) is 0 Å². The van der Waals surface area contributed by atoms with Crippen LogP contribution in [0, 0.1) is 0 Å². The number of nitrogens with zero attached hydrogens (tertiary/aromatic N) is 1. The molecule has 0 radical (unpaired) electrons. The summed E-state index contributed by atoms with van der Waals surface area (Å²) < 4.78 is 5.15. The van der Waals surface area contributed by atoms with Crippen LogP contribution in [-0.2, 0) is 16.1 Å². The Kier molecular flexibility index (Phi) is 9.84. The van der Waals surface area contributed by atoms with Gasteiger partial charge in [-0.2, -0.15) is 0 Å². The highest BCUT2D eigenvalue weighted by Gasteiger charge is 2.15. The fraction of sp³-hybridized carbons (Fsp3) is 0.667. The second kappa shape index (κ2) is 11.7. The van der Waals surface area contributed by atoms with Crippen LogP contribution in [0.15, 0.2) is 22.8 Å². The van der Waals surface area contributed by atoms with Crippen molar-refractivity contribution in [1.29, 1.82) is 0 Å². The van der Waals surface area contributed by atoms with Crippen LogP contribution in [0.3, 0.4) is 0 Å². The monoisotopic (exact) mass is 337 g/mol. The Balaban J connectivity index is 2.21. The molecule has 6 heteroatoms. The van der Waals surface area contributed by atoms with E-state index in [2.05, 4.69) is 29.4 Å². The quantitative estimate of drug-likeness (QED) is 0.614. The van der Waals surface area contributed by atoms with Crippen LogP contribution in [-0.4, -0.2) is 42.4 Å². The lowest BCUT2D eigenvalue weighted by Gasteiger charge is -2.20. The first-order chi connectivity index (χ1) is 11.6. The average molecular weight is 337 g/mol. The number of carbonyl (C=O) groups is 2. The molecule has 1 atom stereocenters. The van der Waals surface area contributed by atoms with Crippen molar-refractivity contribution in [2.24, 2.45) is 0 Å². The van der Waals surface area contributed by atoms with Gasteiger partial charge in [0.25, 0.3) is 0 Å². The van der Waals surface area contributed by atoms with Gasteiger partial charge in [-0.3, -0.25) is 9.59 Å². The molecule has 2 amide bonds. The van der Waals surface area contributed by atoms with E-state index in [1.165, 1.54) is 0 Å². The van der Waals surface area contributed by atoms with Gasteiger partial charge in [0.1, 0.15) is 11.8 Å². The van der Waals surface area contributed by atoms with Crippen LogP contribution in [0.1, 0.15) is 52.2 Å². The standard InChI is InChI=1S/C18H31N3O3/c1-4-10-21(11-5-2)12-6-9-17(22)20-15(3)18(23)19-14-16-8-7-13-24-16/h7-8,13,15H,4-6,9-12,14H2,1-3H3,(H,19,23)(H,20,22). The summed E-state index contributed by atoms with van der Waals surface area (Å²) >= 11 is 0. The third kappa shape index (κ3) is 8.15. The highest BCUT2D eigenvalue weighted by Crippen LogP contribution is 2.01. The fourth-order valence-corrected chi connectivity index (χ4v) is 2.55. The Morgan fingerprint density at radius 2 is 1.92 bits per heavy atom. The van der Waals surface area contributed by atoms with Crippen molar-refractivity contribution in [2.75, 3.05) is 19.6 Å². The molecule has 0 spiro atoms. The molecule has 2 N–H and O–H groups in total. The molecule has 0 saturated carbocycles. The molecule has 0 aliphatic rings. The van der Waals surface area contributed by atoms with Crippen LogP contribution in [0.25, 0.3) is 0 Å². The van der Waals surface area contributed by atoms with Gasteiger partial charge in [-0.15, -0.1) is 0 Å². The number of rotatable bonds is 12. The van der Waals surface area contributed by atoms with Crippen molar-refractivity contribution < 1.29 is 14.0 Å². The lowest BCUT2D eigenvalue weighted by molar-refractivity contribution is -0.128. The molecule has 6 nitrogen and oxygen atoms in total. The van der Waals surface area contributed by atoms with Crippen LogP contribution >= 0.6 is 0 Å². The highest BCUT2D eigenvalue weighted by atomic mass is 16.3. The van der Waals surface area contributed by atoms with Gasteiger partial charge in [0.15, 0.2) is 0 Å². The molecule has 0 aliphatic carbocycles. The molecule has 136 valence electrons. The Bertz CT molecular complexity index is 468. The normalized spacial score (nSPS) is 12.2. The number of hydrogen-bond donors (Lipinski definition) is 2. The first-order valence-electron chi connectivity index (χ1n) is 8.88. The second-order valence-electron chi connectivity index (χ2n) is 6.03. The zero-order chi connectivity index (χ0) is 17.8. The second-order valence-corrected chi connectivity index (χ2v) is 6.03. The maximum Gasteiger partial charge on any atom is 0.242 e. The summed E-state index contributed by atoms with van der Waals surface area (Å²) in [4.78, 5) is 26.3. The summed E-state index contributed by atoms with van der Waals surface area (Å²) in [5.74, 6) is 0.399. The topological polar surface area (TPSA) is 74.6 Å². The van der Waals surface area contributed by atoms with Crippen LogP contribution in [0.4, 0.5) is 0 Å². The smallest absolute Gasteiger partial charge is 0.242 e. The third-order valence-electron chi connectivity index (χ3n) is 3.75. The van der Waals surface area contributed by atoms with Crippen LogP contribution < -0.4 is 10.6 Å². The van der Waals surface area contributed by atoms with Gasteiger partial charge < -0.3 is 20.0 Å². The zero-order valence-electron chi connectivity index (χ0n) is 15.1. The van der Waals surface area contributed by atoms with Gasteiger partial charge >= 0.3 is 0 Å². The van der Waals surface area contributed by atoms with E-state index in [0.717, 1.165) is 38.9 Å². The number of nitrogens with one attached hydrogen (secondary N) is 2. The van der Waals surface area contributed by atoms with Crippen molar-refractivity contribution in [3.8, 4) is 0 Å². The molecule has 1 aromatic rings. The molecule has 0 saturated heterocycles. The Hall–Kier alpha value is -1.82. The van der Waals surface area contributed by atoms with Crippen molar-refractivity contribution in [3.05, 3.63) is 24.2 Å². The minimum atomic E-state index is -0.546. The van der Waals surface area contributed by atoms with E-state index < -0.39 is 6.04 Å². The lowest BCUT2D eigenvalue weighted by atomic mass is 10.2. The van der Waals surface area contributed by atoms with Crippen LogP contribution in [0.5, 0.6) is 0 Å². The summed E-state index contributed by atoms with van der Waals surface area (Å²) in [7, 11) is 0. The predicted octanol–water partition coefficient (Wildman–Crippen LogP) is 2.30. The Morgan fingerprint density at radius 3 is 2.50 bits per heavy atom. The minimum absolute atomic E-state index is 0.0800. The maximum atomic E-state index is 12.0. The first-order valence-corrected chi connectivity index (χ1v) is 8.88. The molecule has 0 fully saturated rings. The van der Waals surface area contributed by atoms with Gasteiger partial charge in [0.05, 0.1) is 12.8 Å². The first kappa shape index (κ1) is 20.2. The minimum Gasteiger partial charge on any atom is -0.467 e. The highest BCUT2D eigenvalue weighted by molar-refractivity contribution is 5.87. The molecule has 1 heterocycles. The molecule has 0 aromatic carbocycles. The number of amides is 2. The number of carbonyl (C=O) groups excluding carboxylic acids is 2. The van der Waals surface area contributed by atoms with Gasteiger partial charge in [-0.1, -0.05) is 13.8 Å². The van der Waals surface area contributed by atoms with E-state index in [1.54, 1.807) is 25.3 Å². The lowest BCUT2D eigenvalue weighted by Crippen LogP contribution is -2.44. The third-order valence-corrected chi connectivity index (χ3v) is 3.75. The molecule has 0 aliphatic heterocycles. The summed E-state index contributed by atoms with van der Waals surface area (Å²) in [5, 5.41) is 5.49. The van der Waals surface area contributed by atoms with Gasteiger partial charge in [0, 0.05) is 6.42 Å². The summed E-state index contributed by atoms with van der Waals surface area (Å²) in [5.41, 5.74) is 0.